The van der Waals surface area contributed by atoms with Gasteiger partial charge in [-0.15, -0.1) is 0 Å². The average molecular weight is 377 g/mol. The SMILES string of the molecule is CSCC[C@H](N)C(=O)N[C@H](C(=O)N[C@@H](CCCCN)C(=O)O)C(C)C. The van der Waals surface area contributed by atoms with Crippen LogP contribution in [0, 0.1) is 5.92 Å². The number of nitrogens with one attached hydrogen (secondary N) is 2. The molecule has 2 amide bonds. The van der Waals surface area contributed by atoms with Crippen LogP contribution in [-0.4, -0.2) is 59.6 Å². The summed E-state index contributed by atoms with van der Waals surface area (Å²) in [6.45, 7) is 4.03. The van der Waals surface area contributed by atoms with Gasteiger partial charge in [-0.05, 0) is 50.2 Å². The van der Waals surface area contributed by atoms with E-state index in [0.717, 1.165) is 5.75 Å². The quantitative estimate of drug-likeness (QED) is 0.282. The Hall–Kier alpha value is -1.32. The van der Waals surface area contributed by atoms with E-state index in [4.69, 9.17) is 11.5 Å². The van der Waals surface area contributed by atoms with E-state index in [9.17, 15) is 19.5 Å². The molecule has 0 heterocycles. The number of aliphatic carboxylic acids is 1. The molecule has 0 aromatic rings. The van der Waals surface area contributed by atoms with E-state index in [1.165, 1.54) is 0 Å². The second kappa shape index (κ2) is 13.0. The first-order valence-electron chi connectivity index (χ1n) is 8.52. The zero-order valence-electron chi connectivity index (χ0n) is 15.3. The smallest absolute Gasteiger partial charge is 0.326 e. The Morgan fingerprint density at radius 3 is 2.20 bits per heavy atom. The summed E-state index contributed by atoms with van der Waals surface area (Å²) in [5.41, 5.74) is 11.2. The number of rotatable bonds is 13. The molecule has 146 valence electrons. The summed E-state index contributed by atoms with van der Waals surface area (Å²) >= 11 is 1.59. The van der Waals surface area contributed by atoms with E-state index in [0.29, 0.717) is 32.2 Å². The number of carboxylic acids is 1. The predicted molar refractivity (Wildman–Crippen MR) is 100 cm³/mol. The van der Waals surface area contributed by atoms with Crippen molar-refractivity contribution in [2.45, 2.75) is 57.7 Å². The van der Waals surface area contributed by atoms with Crippen LogP contribution >= 0.6 is 11.8 Å². The van der Waals surface area contributed by atoms with Crippen LogP contribution in [0.2, 0.25) is 0 Å². The lowest BCUT2D eigenvalue weighted by molar-refractivity contribution is -0.142. The number of thioether (sulfide) groups is 1. The molecule has 0 saturated carbocycles. The minimum Gasteiger partial charge on any atom is -0.480 e. The van der Waals surface area contributed by atoms with Gasteiger partial charge in [0.25, 0.3) is 0 Å². The van der Waals surface area contributed by atoms with Gasteiger partial charge in [-0.2, -0.15) is 11.8 Å². The summed E-state index contributed by atoms with van der Waals surface area (Å²) in [5, 5.41) is 14.4. The minimum absolute atomic E-state index is 0.199. The highest BCUT2D eigenvalue weighted by atomic mass is 32.2. The maximum absolute atomic E-state index is 12.4. The summed E-state index contributed by atoms with van der Waals surface area (Å²) in [6, 6.07) is -2.52. The van der Waals surface area contributed by atoms with Crippen LogP contribution in [-0.2, 0) is 14.4 Å². The lowest BCUT2D eigenvalue weighted by Gasteiger charge is -2.25. The molecule has 0 bridgehead atoms. The van der Waals surface area contributed by atoms with Crippen LogP contribution in [0.25, 0.3) is 0 Å². The summed E-state index contributed by atoms with van der Waals surface area (Å²) < 4.78 is 0. The molecule has 0 aromatic carbocycles. The molecule has 3 atom stereocenters. The van der Waals surface area contributed by atoms with Crippen molar-refractivity contribution in [2.24, 2.45) is 17.4 Å². The van der Waals surface area contributed by atoms with Gasteiger partial charge in [0.05, 0.1) is 6.04 Å². The van der Waals surface area contributed by atoms with E-state index in [2.05, 4.69) is 10.6 Å². The van der Waals surface area contributed by atoms with Gasteiger partial charge >= 0.3 is 5.97 Å². The van der Waals surface area contributed by atoms with Crippen molar-refractivity contribution in [3.63, 3.8) is 0 Å². The Labute approximate surface area is 153 Å². The molecule has 0 aromatic heterocycles. The van der Waals surface area contributed by atoms with Crippen molar-refractivity contribution in [3.8, 4) is 0 Å². The number of carbonyl (C=O) groups is 3. The van der Waals surface area contributed by atoms with Gasteiger partial charge in [0, 0.05) is 0 Å². The van der Waals surface area contributed by atoms with Crippen molar-refractivity contribution in [1.82, 2.24) is 10.6 Å². The van der Waals surface area contributed by atoms with Crippen molar-refractivity contribution < 1.29 is 19.5 Å². The minimum atomic E-state index is -1.10. The molecule has 7 N–H and O–H groups in total. The summed E-state index contributed by atoms with van der Waals surface area (Å²) in [5.74, 6) is -1.47. The van der Waals surface area contributed by atoms with Crippen LogP contribution in [0.15, 0.2) is 0 Å². The number of carbonyl (C=O) groups excluding carboxylic acids is 2. The van der Waals surface area contributed by atoms with Crippen molar-refractivity contribution in [3.05, 3.63) is 0 Å². The fourth-order valence-electron chi connectivity index (χ4n) is 2.18. The molecule has 0 aliphatic heterocycles. The number of hydrogen-bond acceptors (Lipinski definition) is 6. The average Bonchev–Trinajstić information content (AvgIpc) is 2.55. The third-order valence-corrected chi connectivity index (χ3v) is 4.42. The van der Waals surface area contributed by atoms with Gasteiger partial charge in [-0.1, -0.05) is 13.8 Å². The third kappa shape index (κ3) is 9.66. The largest absolute Gasteiger partial charge is 0.480 e. The van der Waals surface area contributed by atoms with Crippen molar-refractivity contribution >= 4 is 29.5 Å². The molecule has 0 spiro atoms. The van der Waals surface area contributed by atoms with Crippen LogP contribution in [0.4, 0.5) is 0 Å². The van der Waals surface area contributed by atoms with Crippen molar-refractivity contribution in [2.75, 3.05) is 18.6 Å². The predicted octanol–water partition coefficient (Wildman–Crippen LogP) is -0.0940. The number of unbranched alkanes of at least 4 members (excludes halogenated alkanes) is 1. The summed E-state index contributed by atoms with van der Waals surface area (Å²) in [4.78, 5) is 35.9. The van der Waals surface area contributed by atoms with Crippen LogP contribution in [0.3, 0.4) is 0 Å². The highest BCUT2D eigenvalue weighted by Crippen LogP contribution is 2.07. The molecule has 0 saturated heterocycles. The molecule has 8 nitrogen and oxygen atoms in total. The van der Waals surface area contributed by atoms with Gasteiger partial charge < -0.3 is 27.2 Å². The van der Waals surface area contributed by atoms with E-state index < -0.39 is 35.9 Å². The molecular weight excluding hydrogens is 344 g/mol. The number of hydrogen-bond donors (Lipinski definition) is 5. The zero-order chi connectivity index (χ0) is 19.4. The third-order valence-electron chi connectivity index (χ3n) is 3.78. The molecule has 0 aliphatic rings. The Kier molecular flexibility index (Phi) is 12.3. The molecule has 0 unspecified atom stereocenters. The number of carboxylic acid groups (broad SMARTS) is 1. The van der Waals surface area contributed by atoms with E-state index in [-0.39, 0.29) is 5.92 Å². The summed E-state index contributed by atoms with van der Waals surface area (Å²) in [6.07, 6.45) is 4.02. The molecule has 25 heavy (non-hydrogen) atoms. The molecule has 0 aliphatic carbocycles. The number of nitrogens with two attached hydrogens (primary N) is 2. The van der Waals surface area contributed by atoms with Crippen molar-refractivity contribution in [1.29, 1.82) is 0 Å². The maximum atomic E-state index is 12.4. The van der Waals surface area contributed by atoms with Gasteiger partial charge in [0.1, 0.15) is 12.1 Å². The lowest BCUT2D eigenvalue weighted by Crippen LogP contribution is -2.56. The fraction of sp³-hybridized carbons (Fsp3) is 0.812. The van der Waals surface area contributed by atoms with Gasteiger partial charge in [0.15, 0.2) is 0 Å². The summed E-state index contributed by atoms with van der Waals surface area (Å²) in [7, 11) is 0. The van der Waals surface area contributed by atoms with E-state index in [1.807, 2.05) is 6.26 Å². The number of amides is 2. The first-order chi connectivity index (χ1) is 11.7. The second-order valence-corrected chi connectivity index (χ2v) is 7.29. The first-order valence-corrected chi connectivity index (χ1v) is 9.92. The molecule has 0 radical (unpaired) electrons. The lowest BCUT2D eigenvalue weighted by atomic mass is 10.0. The first kappa shape index (κ1) is 23.7. The zero-order valence-corrected chi connectivity index (χ0v) is 16.1. The topological polar surface area (TPSA) is 148 Å². The molecule has 0 rings (SSSR count). The van der Waals surface area contributed by atoms with Gasteiger partial charge in [-0.25, -0.2) is 4.79 Å². The van der Waals surface area contributed by atoms with Gasteiger partial charge in [-0.3, -0.25) is 9.59 Å². The monoisotopic (exact) mass is 376 g/mol. The Morgan fingerprint density at radius 1 is 1.08 bits per heavy atom. The van der Waals surface area contributed by atoms with E-state index in [1.54, 1.807) is 25.6 Å². The highest BCUT2D eigenvalue weighted by molar-refractivity contribution is 7.98. The normalized spacial score (nSPS) is 14.6. The Morgan fingerprint density at radius 2 is 1.72 bits per heavy atom. The van der Waals surface area contributed by atoms with Gasteiger partial charge in [0.2, 0.25) is 11.8 Å². The Bertz CT molecular complexity index is 434. The second-order valence-electron chi connectivity index (χ2n) is 6.30. The standard InChI is InChI=1S/C16H32N4O4S/c1-10(2)13(20-14(21)11(18)7-9-25-3)15(22)19-12(16(23)24)6-4-5-8-17/h10-13H,4-9,17-18H2,1-3H3,(H,19,22)(H,20,21)(H,23,24)/t11-,12-,13-/m0/s1. The van der Waals surface area contributed by atoms with Crippen LogP contribution in [0.1, 0.15) is 39.5 Å². The Balaban J connectivity index is 4.80. The highest BCUT2D eigenvalue weighted by Gasteiger charge is 2.29. The van der Waals surface area contributed by atoms with E-state index >= 15 is 0 Å². The molecule has 9 heteroatoms. The van der Waals surface area contributed by atoms with Crippen LogP contribution in [0.5, 0.6) is 0 Å². The molecule has 0 fully saturated rings. The maximum Gasteiger partial charge on any atom is 0.326 e. The molecular formula is C16H32N4O4S. The van der Waals surface area contributed by atoms with Crippen LogP contribution < -0.4 is 22.1 Å². The fourth-order valence-corrected chi connectivity index (χ4v) is 2.67.